The number of aliphatic hydroxyl groups is 1. The van der Waals surface area contributed by atoms with E-state index < -0.39 is 40.9 Å². The third kappa shape index (κ3) is 3.22. The largest absolute Gasteiger partial charge is 0.507 e. The molecule has 0 bridgehead atoms. The maximum atomic E-state index is 13.8. The normalized spacial score (nSPS) is 18.1. The topological polar surface area (TPSA) is 70.5 Å². The highest BCUT2D eigenvalue weighted by Gasteiger charge is 2.47. The van der Waals surface area contributed by atoms with Crippen molar-refractivity contribution >= 4 is 23.1 Å². The molecule has 1 unspecified atom stereocenters. The Balaban J connectivity index is 1.94. The Morgan fingerprint density at radius 3 is 2.30 bits per heavy atom. The molecule has 1 fully saturated rings. The molecule has 4 rings (SSSR count). The average Bonchev–Trinajstić information content (AvgIpc) is 3.01. The number of nitrogens with zero attached hydrogens (tertiary/aromatic N) is 2. The summed E-state index contributed by atoms with van der Waals surface area (Å²) in [5.74, 6) is -5.47. The highest BCUT2D eigenvalue weighted by atomic mass is 19.2. The minimum atomic E-state index is -1.20. The van der Waals surface area contributed by atoms with Crippen LogP contribution in [0.5, 0.6) is 0 Å². The van der Waals surface area contributed by atoms with Crippen LogP contribution in [0, 0.1) is 17.5 Å². The molecule has 1 aliphatic rings. The number of hydrogen-bond acceptors (Lipinski definition) is 4. The van der Waals surface area contributed by atoms with E-state index >= 15 is 0 Å². The van der Waals surface area contributed by atoms with E-state index in [1.165, 1.54) is 24.4 Å². The van der Waals surface area contributed by atoms with Gasteiger partial charge in [0.2, 0.25) is 0 Å². The summed E-state index contributed by atoms with van der Waals surface area (Å²) in [6.45, 7) is 0. The second kappa shape index (κ2) is 7.47. The zero-order valence-electron chi connectivity index (χ0n) is 15.2. The molecule has 1 atom stereocenters. The van der Waals surface area contributed by atoms with E-state index in [2.05, 4.69) is 4.98 Å². The lowest BCUT2D eigenvalue weighted by Gasteiger charge is -2.24. The van der Waals surface area contributed by atoms with Crippen molar-refractivity contribution in [3.63, 3.8) is 0 Å². The molecule has 0 aliphatic carbocycles. The summed E-state index contributed by atoms with van der Waals surface area (Å²) in [5, 5.41) is 10.8. The number of anilines is 1. The van der Waals surface area contributed by atoms with Crippen LogP contribution < -0.4 is 4.90 Å². The second-order valence-electron chi connectivity index (χ2n) is 6.53. The molecule has 1 aliphatic heterocycles. The molecule has 5 nitrogen and oxygen atoms in total. The van der Waals surface area contributed by atoms with Crippen LogP contribution in [0.3, 0.4) is 0 Å². The zero-order chi connectivity index (χ0) is 21.4. The Bertz CT molecular complexity index is 1180. The number of aromatic nitrogens is 1. The highest BCUT2D eigenvalue weighted by molar-refractivity contribution is 6.51. The van der Waals surface area contributed by atoms with E-state index in [0.29, 0.717) is 0 Å². The fourth-order valence-electron chi connectivity index (χ4n) is 3.31. The standard InChI is InChI=1S/C22H13F3N2O3/c23-13-6-4-12(5-7-13)20(28)18-19(17-3-1-2-10-26-17)27(22(30)21(18)29)14-8-9-15(24)16(25)11-14/h1-11,19,28H/b20-18+. The Hall–Kier alpha value is -3.94. The molecular weight excluding hydrogens is 397 g/mol. The van der Waals surface area contributed by atoms with E-state index in [4.69, 9.17) is 0 Å². The third-order valence-corrected chi connectivity index (χ3v) is 4.71. The van der Waals surface area contributed by atoms with Crippen LogP contribution in [-0.2, 0) is 9.59 Å². The summed E-state index contributed by atoms with van der Waals surface area (Å²) in [7, 11) is 0. The van der Waals surface area contributed by atoms with E-state index in [1.807, 2.05) is 0 Å². The van der Waals surface area contributed by atoms with Gasteiger partial charge in [0.15, 0.2) is 11.6 Å². The Morgan fingerprint density at radius 1 is 0.933 bits per heavy atom. The van der Waals surface area contributed by atoms with Crippen molar-refractivity contribution in [1.29, 1.82) is 0 Å². The lowest BCUT2D eigenvalue weighted by Crippen LogP contribution is -2.30. The van der Waals surface area contributed by atoms with Gasteiger partial charge in [0.05, 0.1) is 11.3 Å². The maximum absolute atomic E-state index is 13.8. The number of benzene rings is 2. The number of rotatable bonds is 3. The first-order valence-corrected chi connectivity index (χ1v) is 8.81. The Kier molecular flexibility index (Phi) is 4.83. The van der Waals surface area contributed by atoms with Crippen molar-refractivity contribution in [3.8, 4) is 0 Å². The molecule has 2 aromatic carbocycles. The lowest BCUT2D eigenvalue weighted by molar-refractivity contribution is -0.132. The SMILES string of the molecule is O=C1C(=O)N(c2ccc(F)c(F)c2)C(c2ccccn2)/C1=C(\O)c1ccc(F)cc1. The number of aliphatic hydroxyl groups excluding tert-OH is 1. The van der Waals surface area contributed by atoms with Crippen LogP contribution in [0.4, 0.5) is 18.9 Å². The van der Waals surface area contributed by atoms with E-state index in [1.54, 1.807) is 12.1 Å². The molecule has 0 saturated carbocycles. The number of Topliss-reactive ketones (excluding diaryl/α,β-unsaturated/α-hetero) is 1. The number of carbonyl (C=O) groups excluding carboxylic acids is 2. The van der Waals surface area contributed by atoms with Gasteiger partial charge in [-0.15, -0.1) is 0 Å². The van der Waals surface area contributed by atoms with Gasteiger partial charge in [0.1, 0.15) is 17.6 Å². The lowest BCUT2D eigenvalue weighted by atomic mass is 9.98. The van der Waals surface area contributed by atoms with Gasteiger partial charge >= 0.3 is 0 Å². The van der Waals surface area contributed by atoms with Crippen LogP contribution in [-0.4, -0.2) is 21.8 Å². The van der Waals surface area contributed by atoms with Crippen molar-refractivity contribution < 1.29 is 27.9 Å². The molecule has 1 aromatic heterocycles. The minimum absolute atomic E-state index is 0.0789. The second-order valence-corrected chi connectivity index (χ2v) is 6.53. The monoisotopic (exact) mass is 410 g/mol. The van der Waals surface area contributed by atoms with Crippen LogP contribution >= 0.6 is 0 Å². The van der Waals surface area contributed by atoms with Crippen LogP contribution in [0.1, 0.15) is 17.3 Å². The van der Waals surface area contributed by atoms with E-state index in [0.717, 1.165) is 35.2 Å². The van der Waals surface area contributed by atoms with Crippen LogP contribution in [0.15, 0.2) is 72.4 Å². The fourth-order valence-corrected chi connectivity index (χ4v) is 3.31. The molecule has 8 heteroatoms. The number of halogens is 3. The Labute approximate surface area is 168 Å². The summed E-state index contributed by atoms with van der Waals surface area (Å²) in [6.07, 6.45) is 1.43. The van der Waals surface area contributed by atoms with Gasteiger partial charge in [-0.3, -0.25) is 19.5 Å². The first-order chi connectivity index (χ1) is 14.4. The molecule has 30 heavy (non-hydrogen) atoms. The first-order valence-electron chi connectivity index (χ1n) is 8.81. The minimum Gasteiger partial charge on any atom is -0.507 e. The molecule has 150 valence electrons. The summed E-state index contributed by atoms with van der Waals surface area (Å²) < 4.78 is 40.5. The van der Waals surface area contributed by atoms with Gasteiger partial charge in [0.25, 0.3) is 11.7 Å². The molecule has 0 radical (unpaired) electrons. The summed E-state index contributed by atoms with van der Waals surface area (Å²) in [5.41, 5.74) is -0.0365. The van der Waals surface area contributed by atoms with Gasteiger partial charge in [-0.2, -0.15) is 0 Å². The van der Waals surface area contributed by atoms with Crippen molar-refractivity contribution in [2.75, 3.05) is 4.90 Å². The number of pyridine rings is 1. The van der Waals surface area contributed by atoms with E-state index in [9.17, 15) is 27.9 Å². The van der Waals surface area contributed by atoms with Gasteiger partial charge in [-0.25, -0.2) is 13.2 Å². The molecule has 3 aromatic rings. The Morgan fingerprint density at radius 2 is 1.67 bits per heavy atom. The fraction of sp³-hybridized carbons (Fsp3) is 0.0455. The van der Waals surface area contributed by atoms with E-state index in [-0.39, 0.29) is 22.5 Å². The van der Waals surface area contributed by atoms with Crippen molar-refractivity contribution in [1.82, 2.24) is 4.98 Å². The predicted octanol–water partition coefficient (Wildman–Crippen LogP) is 4.13. The first kappa shape index (κ1) is 19.4. The quantitative estimate of drug-likeness (QED) is 0.401. The van der Waals surface area contributed by atoms with Gasteiger partial charge < -0.3 is 5.11 Å². The number of hydrogen-bond donors (Lipinski definition) is 1. The van der Waals surface area contributed by atoms with Gasteiger partial charge in [0, 0.05) is 23.5 Å². The van der Waals surface area contributed by atoms with Gasteiger partial charge in [-0.05, 0) is 48.5 Å². The zero-order valence-corrected chi connectivity index (χ0v) is 15.2. The van der Waals surface area contributed by atoms with Crippen molar-refractivity contribution in [2.45, 2.75) is 6.04 Å². The molecular formula is C22H13F3N2O3. The van der Waals surface area contributed by atoms with Crippen molar-refractivity contribution in [3.05, 3.63) is 101 Å². The summed E-state index contributed by atoms with van der Waals surface area (Å²) in [4.78, 5) is 30.8. The average molecular weight is 410 g/mol. The summed E-state index contributed by atoms with van der Waals surface area (Å²) in [6, 6.07) is 11.0. The molecule has 1 saturated heterocycles. The van der Waals surface area contributed by atoms with Gasteiger partial charge in [-0.1, -0.05) is 6.07 Å². The molecule has 1 N–H and O–H groups in total. The van der Waals surface area contributed by atoms with Crippen LogP contribution in [0.2, 0.25) is 0 Å². The smallest absolute Gasteiger partial charge is 0.300 e. The van der Waals surface area contributed by atoms with Crippen molar-refractivity contribution in [2.24, 2.45) is 0 Å². The summed E-state index contributed by atoms with van der Waals surface area (Å²) >= 11 is 0. The van der Waals surface area contributed by atoms with Crippen LogP contribution in [0.25, 0.3) is 5.76 Å². The molecule has 2 heterocycles. The third-order valence-electron chi connectivity index (χ3n) is 4.71. The highest BCUT2D eigenvalue weighted by Crippen LogP contribution is 2.41. The number of amides is 1. The predicted molar refractivity (Wildman–Crippen MR) is 102 cm³/mol. The number of carbonyl (C=O) groups is 2. The number of ketones is 1. The molecule has 1 amide bonds. The molecule has 0 spiro atoms. The maximum Gasteiger partial charge on any atom is 0.300 e.